The van der Waals surface area contributed by atoms with E-state index in [2.05, 4.69) is 27.7 Å². The molecule has 2 aromatic rings. The van der Waals surface area contributed by atoms with Gasteiger partial charge in [0.15, 0.2) is 5.78 Å². The molecule has 0 bridgehead atoms. The lowest BCUT2D eigenvalue weighted by Crippen LogP contribution is -2.28. The van der Waals surface area contributed by atoms with Gasteiger partial charge in [0.1, 0.15) is 5.60 Å². The molecule has 0 spiro atoms. The van der Waals surface area contributed by atoms with Gasteiger partial charge in [0, 0.05) is 12.0 Å². The van der Waals surface area contributed by atoms with E-state index in [9.17, 15) is 9.90 Å². The van der Waals surface area contributed by atoms with E-state index in [0.717, 1.165) is 11.1 Å². The molecule has 2 atom stereocenters. The van der Waals surface area contributed by atoms with Crippen molar-refractivity contribution in [3.63, 3.8) is 0 Å². The zero-order valence-electron chi connectivity index (χ0n) is 13.4. The quantitative estimate of drug-likeness (QED) is 0.805. The average molecular weight is 292 g/mol. The summed E-state index contributed by atoms with van der Waals surface area (Å²) in [4.78, 5) is 12.9. The summed E-state index contributed by atoms with van der Waals surface area (Å²) in [6.45, 7) is 8.44. The van der Waals surface area contributed by atoms with Crippen molar-refractivity contribution in [1.29, 1.82) is 0 Å². The standard InChI is InChI=1S/C20H20O2/c1-10-11(2)13(4)17-15(12(10)3)9-20(22)16-8-6-5-7-14(16)19(21)18(17)20/h5-8,18,22H,9H2,1-4H3. The Morgan fingerprint density at radius 2 is 1.64 bits per heavy atom. The van der Waals surface area contributed by atoms with Gasteiger partial charge < -0.3 is 5.11 Å². The van der Waals surface area contributed by atoms with Crippen molar-refractivity contribution in [2.24, 2.45) is 0 Å². The Morgan fingerprint density at radius 3 is 2.36 bits per heavy atom. The van der Waals surface area contributed by atoms with Gasteiger partial charge >= 0.3 is 0 Å². The Balaban J connectivity index is 2.05. The molecule has 2 aliphatic rings. The molecule has 0 saturated carbocycles. The second-order valence-electron chi connectivity index (χ2n) is 6.84. The molecular weight excluding hydrogens is 272 g/mol. The van der Waals surface area contributed by atoms with E-state index < -0.39 is 11.5 Å². The number of hydrogen-bond donors (Lipinski definition) is 1. The highest BCUT2D eigenvalue weighted by Gasteiger charge is 2.57. The lowest BCUT2D eigenvalue weighted by atomic mass is 9.84. The number of fused-ring (bicyclic) bond motifs is 5. The molecule has 2 aromatic carbocycles. The second-order valence-corrected chi connectivity index (χ2v) is 6.84. The first-order chi connectivity index (χ1) is 10.4. The van der Waals surface area contributed by atoms with Gasteiger partial charge in [-0.05, 0) is 66.6 Å². The number of hydrogen-bond acceptors (Lipinski definition) is 2. The van der Waals surface area contributed by atoms with Crippen molar-refractivity contribution in [3.8, 4) is 0 Å². The predicted molar refractivity (Wildman–Crippen MR) is 86.5 cm³/mol. The Hall–Kier alpha value is -1.93. The van der Waals surface area contributed by atoms with Crippen LogP contribution in [0.25, 0.3) is 0 Å². The van der Waals surface area contributed by atoms with Crippen LogP contribution in [0.1, 0.15) is 55.2 Å². The maximum atomic E-state index is 12.9. The van der Waals surface area contributed by atoms with Crippen LogP contribution in [0.2, 0.25) is 0 Å². The predicted octanol–water partition coefficient (Wildman–Crippen LogP) is 3.64. The number of Topliss-reactive ketones (excluding diaryl/α,β-unsaturated/α-hetero) is 1. The van der Waals surface area contributed by atoms with E-state index >= 15 is 0 Å². The molecule has 0 fully saturated rings. The van der Waals surface area contributed by atoms with E-state index in [4.69, 9.17) is 0 Å². The van der Waals surface area contributed by atoms with Crippen LogP contribution < -0.4 is 0 Å². The molecule has 0 aromatic heterocycles. The Labute approximate surface area is 130 Å². The Kier molecular flexibility index (Phi) is 2.54. The fraction of sp³-hybridized carbons (Fsp3) is 0.350. The molecular formula is C20H20O2. The molecule has 22 heavy (non-hydrogen) atoms. The minimum atomic E-state index is -1.06. The van der Waals surface area contributed by atoms with Crippen LogP contribution in [0.15, 0.2) is 24.3 Å². The van der Waals surface area contributed by atoms with Gasteiger partial charge in [0.25, 0.3) is 0 Å². The van der Waals surface area contributed by atoms with Gasteiger partial charge in [0.2, 0.25) is 0 Å². The number of carbonyl (C=O) groups is 1. The largest absolute Gasteiger partial charge is 0.384 e. The van der Waals surface area contributed by atoms with Gasteiger partial charge in [-0.3, -0.25) is 4.79 Å². The third-order valence-corrected chi connectivity index (χ3v) is 6.00. The highest BCUT2D eigenvalue weighted by Crippen LogP contribution is 2.56. The smallest absolute Gasteiger partial charge is 0.173 e. The van der Waals surface area contributed by atoms with Crippen molar-refractivity contribution < 1.29 is 9.90 Å². The van der Waals surface area contributed by atoms with Crippen molar-refractivity contribution in [3.05, 3.63) is 68.8 Å². The van der Waals surface area contributed by atoms with Gasteiger partial charge in [-0.1, -0.05) is 24.3 Å². The number of rotatable bonds is 0. The summed E-state index contributed by atoms with van der Waals surface area (Å²) in [6.07, 6.45) is 0.545. The van der Waals surface area contributed by atoms with Crippen molar-refractivity contribution >= 4 is 5.78 Å². The van der Waals surface area contributed by atoms with Crippen molar-refractivity contribution in [2.45, 2.75) is 45.6 Å². The summed E-state index contributed by atoms with van der Waals surface area (Å²) in [5, 5.41) is 11.4. The molecule has 2 nitrogen and oxygen atoms in total. The Morgan fingerprint density at radius 1 is 1.00 bits per heavy atom. The number of carbonyl (C=O) groups excluding carboxylic acids is 1. The van der Waals surface area contributed by atoms with Crippen LogP contribution in [0.5, 0.6) is 0 Å². The zero-order chi connectivity index (χ0) is 15.8. The lowest BCUT2D eigenvalue weighted by molar-refractivity contribution is 0.0304. The monoisotopic (exact) mass is 292 g/mol. The molecule has 2 unspecified atom stereocenters. The van der Waals surface area contributed by atoms with Crippen LogP contribution in [0, 0.1) is 27.7 Å². The minimum absolute atomic E-state index is 0.0719. The fourth-order valence-electron chi connectivity index (χ4n) is 4.48. The summed E-state index contributed by atoms with van der Waals surface area (Å²) in [5.74, 6) is -0.361. The van der Waals surface area contributed by atoms with E-state index in [0.29, 0.717) is 12.0 Å². The van der Waals surface area contributed by atoms with E-state index in [-0.39, 0.29) is 5.78 Å². The molecule has 1 N–H and O–H groups in total. The Bertz CT molecular complexity index is 847. The number of benzene rings is 2. The fourth-order valence-corrected chi connectivity index (χ4v) is 4.48. The summed E-state index contributed by atoms with van der Waals surface area (Å²) < 4.78 is 0. The summed E-state index contributed by atoms with van der Waals surface area (Å²) >= 11 is 0. The van der Waals surface area contributed by atoms with Crippen LogP contribution >= 0.6 is 0 Å². The third kappa shape index (κ3) is 1.37. The summed E-state index contributed by atoms with van der Waals surface area (Å²) in [7, 11) is 0. The van der Waals surface area contributed by atoms with E-state index in [1.807, 2.05) is 24.3 Å². The molecule has 112 valence electrons. The lowest BCUT2D eigenvalue weighted by Gasteiger charge is -2.23. The zero-order valence-corrected chi connectivity index (χ0v) is 13.4. The summed E-state index contributed by atoms with van der Waals surface area (Å²) in [5.41, 5.74) is 7.59. The molecule has 0 radical (unpaired) electrons. The maximum absolute atomic E-state index is 12.9. The SMILES string of the molecule is Cc1c(C)c(C)c2c(c1C)CC1(O)c3ccccc3C(=O)C21. The second kappa shape index (κ2) is 4.08. The van der Waals surface area contributed by atoms with E-state index in [1.54, 1.807) is 0 Å². The molecule has 2 aliphatic carbocycles. The first-order valence-electron chi connectivity index (χ1n) is 7.83. The molecule has 0 amide bonds. The normalized spacial score (nSPS) is 25.1. The van der Waals surface area contributed by atoms with Crippen LogP contribution in [0.4, 0.5) is 0 Å². The maximum Gasteiger partial charge on any atom is 0.173 e. The molecule has 0 heterocycles. The molecule has 2 heteroatoms. The molecule has 0 aliphatic heterocycles. The van der Waals surface area contributed by atoms with Crippen molar-refractivity contribution in [1.82, 2.24) is 0 Å². The topological polar surface area (TPSA) is 37.3 Å². The number of aliphatic hydroxyl groups is 1. The van der Waals surface area contributed by atoms with Gasteiger partial charge in [-0.25, -0.2) is 0 Å². The van der Waals surface area contributed by atoms with Crippen LogP contribution in [0.3, 0.4) is 0 Å². The third-order valence-electron chi connectivity index (χ3n) is 6.00. The van der Waals surface area contributed by atoms with Crippen molar-refractivity contribution in [2.75, 3.05) is 0 Å². The first kappa shape index (κ1) is 13.7. The van der Waals surface area contributed by atoms with Crippen LogP contribution in [-0.4, -0.2) is 10.9 Å². The van der Waals surface area contributed by atoms with E-state index in [1.165, 1.54) is 27.8 Å². The van der Waals surface area contributed by atoms with Gasteiger partial charge in [-0.2, -0.15) is 0 Å². The first-order valence-corrected chi connectivity index (χ1v) is 7.83. The highest BCUT2D eigenvalue weighted by atomic mass is 16.3. The average Bonchev–Trinajstić information content (AvgIpc) is 2.94. The highest BCUT2D eigenvalue weighted by molar-refractivity contribution is 6.08. The molecule has 0 saturated heterocycles. The van der Waals surface area contributed by atoms with Crippen LogP contribution in [-0.2, 0) is 12.0 Å². The van der Waals surface area contributed by atoms with Gasteiger partial charge in [-0.15, -0.1) is 0 Å². The molecule has 4 rings (SSSR count). The number of ketones is 1. The minimum Gasteiger partial charge on any atom is -0.384 e. The van der Waals surface area contributed by atoms with Gasteiger partial charge in [0.05, 0.1) is 5.92 Å². The summed E-state index contributed by atoms with van der Waals surface area (Å²) in [6, 6.07) is 7.53.